The SMILES string of the molecule is CCOc1cc(C2NC(=O)NC(C)=C2C(=O)OC)cc(I)c1O. The van der Waals surface area contributed by atoms with Gasteiger partial charge in [0.15, 0.2) is 11.5 Å². The van der Waals surface area contributed by atoms with Gasteiger partial charge < -0.3 is 25.2 Å². The van der Waals surface area contributed by atoms with Crippen molar-refractivity contribution in [3.8, 4) is 11.5 Å². The number of phenolic OH excluding ortho intramolecular Hbond substituents is 1. The number of methoxy groups -OCH3 is 1. The van der Waals surface area contributed by atoms with Crippen molar-refractivity contribution in [1.82, 2.24) is 10.6 Å². The Balaban J connectivity index is 2.56. The molecule has 23 heavy (non-hydrogen) atoms. The summed E-state index contributed by atoms with van der Waals surface area (Å²) in [5.41, 5.74) is 1.34. The van der Waals surface area contributed by atoms with Crippen molar-refractivity contribution >= 4 is 34.6 Å². The van der Waals surface area contributed by atoms with Crippen LogP contribution in [0.1, 0.15) is 25.5 Å². The topological polar surface area (TPSA) is 96.9 Å². The highest BCUT2D eigenvalue weighted by Crippen LogP contribution is 2.37. The monoisotopic (exact) mass is 432 g/mol. The summed E-state index contributed by atoms with van der Waals surface area (Å²) in [5.74, 6) is -0.220. The van der Waals surface area contributed by atoms with Crippen LogP contribution in [0, 0.1) is 3.57 Å². The van der Waals surface area contributed by atoms with E-state index in [4.69, 9.17) is 9.47 Å². The second-order valence-electron chi connectivity index (χ2n) is 4.84. The van der Waals surface area contributed by atoms with Crippen molar-refractivity contribution < 1.29 is 24.2 Å². The molecule has 1 heterocycles. The maximum Gasteiger partial charge on any atom is 0.337 e. The van der Waals surface area contributed by atoms with Crippen molar-refractivity contribution in [2.75, 3.05) is 13.7 Å². The number of hydrogen-bond donors (Lipinski definition) is 3. The number of nitrogens with one attached hydrogen (secondary N) is 2. The third-order valence-electron chi connectivity index (χ3n) is 3.36. The van der Waals surface area contributed by atoms with Crippen LogP contribution in [-0.2, 0) is 9.53 Å². The van der Waals surface area contributed by atoms with Gasteiger partial charge in [-0.1, -0.05) is 0 Å². The van der Waals surface area contributed by atoms with E-state index in [9.17, 15) is 14.7 Å². The number of phenols is 1. The zero-order valence-corrected chi connectivity index (χ0v) is 15.1. The molecule has 0 bridgehead atoms. The first-order chi connectivity index (χ1) is 10.9. The first kappa shape index (κ1) is 17.4. The summed E-state index contributed by atoms with van der Waals surface area (Å²) in [4.78, 5) is 23.9. The van der Waals surface area contributed by atoms with Gasteiger partial charge in [-0.25, -0.2) is 9.59 Å². The summed E-state index contributed by atoms with van der Waals surface area (Å²) >= 11 is 1.97. The highest BCUT2D eigenvalue weighted by atomic mass is 127. The number of rotatable bonds is 4. The molecule has 0 saturated heterocycles. The minimum atomic E-state index is -0.690. The molecule has 1 aliphatic rings. The van der Waals surface area contributed by atoms with Crippen molar-refractivity contribution in [3.05, 3.63) is 32.5 Å². The molecule has 2 amide bonds. The van der Waals surface area contributed by atoms with Crippen LogP contribution in [0.25, 0.3) is 0 Å². The predicted molar refractivity (Wildman–Crippen MR) is 91.1 cm³/mol. The summed E-state index contributed by atoms with van der Waals surface area (Å²) in [6.07, 6.45) is 0. The van der Waals surface area contributed by atoms with Gasteiger partial charge in [-0.2, -0.15) is 0 Å². The van der Waals surface area contributed by atoms with Crippen LogP contribution < -0.4 is 15.4 Å². The van der Waals surface area contributed by atoms with Gasteiger partial charge in [0.1, 0.15) is 0 Å². The highest BCUT2D eigenvalue weighted by molar-refractivity contribution is 14.1. The number of amides is 2. The van der Waals surface area contributed by atoms with E-state index in [-0.39, 0.29) is 5.75 Å². The molecule has 3 N–H and O–H groups in total. The zero-order valence-electron chi connectivity index (χ0n) is 12.9. The van der Waals surface area contributed by atoms with Crippen molar-refractivity contribution in [3.63, 3.8) is 0 Å². The van der Waals surface area contributed by atoms with E-state index in [2.05, 4.69) is 10.6 Å². The largest absolute Gasteiger partial charge is 0.504 e. The number of urea groups is 1. The van der Waals surface area contributed by atoms with Crippen LogP contribution in [0.5, 0.6) is 11.5 Å². The van der Waals surface area contributed by atoms with E-state index in [1.54, 1.807) is 26.0 Å². The number of benzene rings is 1. The van der Waals surface area contributed by atoms with Gasteiger partial charge in [0.05, 0.1) is 28.9 Å². The molecule has 8 heteroatoms. The number of carbonyl (C=O) groups excluding carboxylic acids is 2. The Bertz CT molecular complexity index is 687. The maximum atomic E-state index is 12.1. The normalized spacial score (nSPS) is 17.4. The fourth-order valence-electron chi connectivity index (χ4n) is 2.35. The molecule has 2 rings (SSSR count). The molecule has 0 aliphatic carbocycles. The number of carbonyl (C=O) groups is 2. The third-order valence-corrected chi connectivity index (χ3v) is 4.18. The van der Waals surface area contributed by atoms with E-state index in [0.29, 0.717) is 32.8 Å². The lowest BCUT2D eigenvalue weighted by molar-refractivity contribution is -0.136. The Kier molecular flexibility index (Phi) is 5.34. The van der Waals surface area contributed by atoms with Crippen LogP contribution >= 0.6 is 22.6 Å². The summed E-state index contributed by atoms with van der Waals surface area (Å²) in [6.45, 7) is 3.81. The molecule has 1 aliphatic heterocycles. The average molecular weight is 432 g/mol. The summed E-state index contributed by atoms with van der Waals surface area (Å²) in [7, 11) is 1.28. The fourth-order valence-corrected chi connectivity index (χ4v) is 2.98. The van der Waals surface area contributed by atoms with Gasteiger partial charge in [-0.3, -0.25) is 0 Å². The third kappa shape index (κ3) is 3.52. The minimum Gasteiger partial charge on any atom is -0.504 e. The summed E-state index contributed by atoms with van der Waals surface area (Å²) in [6, 6.07) is 2.18. The molecular weight excluding hydrogens is 415 g/mol. The molecule has 0 spiro atoms. The van der Waals surface area contributed by atoms with Crippen LogP contribution in [-0.4, -0.2) is 30.8 Å². The Morgan fingerprint density at radius 3 is 2.74 bits per heavy atom. The fraction of sp³-hybridized carbons (Fsp3) is 0.333. The molecule has 1 aromatic rings. The van der Waals surface area contributed by atoms with Crippen LogP contribution in [0.2, 0.25) is 0 Å². The Morgan fingerprint density at radius 2 is 2.13 bits per heavy atom. The Hall–Kier alpha value is -1.97. The smallest absolute Gasteiger partial charge is 0.337 e. The standard InChI is InChI=1S/C15H17IN2O5/c1-4-23-10-6-8(5-9(16)13(10)19)12-11(14(20)22-3)7(2)17-15(21)18-12/h5-6,12,19H,4H2,1-3H3,(H2,17,18,21). The van der Waals surface area contributed by atoms with Crippen LogP contribution in [0.4, 0.5) is 4.79 Å². The van der Waals surface area contributed by atoms with Gasteiger partial charge >= 0.3 is 12.0 Å². The van der Waals surface area contributed by atoms with E-state index in [0.717, 1.165) is 0 Å². The molecule has 1 unspecified atom stereocenters. The molecule has 0 fully saturated rings. The van der Waals surface area contributed by atoms with Crippen molar-refractivity contribution in [2.24, 2.45) is 0 Å². The number of halogens is 1. The van der Waals surface area contributed by atoms with Gasteiger partial charge in [-0.05, 0) is 54.1 Å². The maximum absolute atomic E-state index is 12.1. The molecule has 124 valence electrons. The second-order valence-corrected chi connectivity index (χ2v) is 6.01. The Labute approximate surface area is 147 Å². The summed E-state index contributed by atoms with van der Waals surface area (Å²) in [5, 5.41) is 15.3. The molecular formula is C15H17IN2O5. The van der Waals surface area contributed by atoms with E-state index >= 15 is 0 Å². The van der Waals surface area contributed by atoms with Gasteiger partial charge in [-0.15, -0.1) is 0 Å². The predicted octanol–water partition coefficient (Wildman–Crippen LogP) is 2.20. The molecule has 1 atom stereocenters. The number of aromatic hydroxyl groups is 1. The second kappa shape index (κ2) is 7.07. The lowest BCUT2D eigenvalue weighted by Crippen LogP contribution is -2.45. The van der Waals surface area contributed by atoms with Crippen LogP contribution in [0.15, 0.2) is 23.4 Å². The summed E-state index contributed by atoms with van der Waals surface area (Å²) < 4.78 is 10.8. The molecule has 0 aromatic heterocycles. The number of ether oxygens (including phenoxy) is 2. The molecule has 1 aromatic carbocycles. The quantitative estimate of drug-likeness (QED) is 0.501. The average Bonchev–Trinajstić information content (AvgIpc) is 2.50. The minimum absolute atomic E-state index is 0.0248. The number of allylic oxidation sites excluding steroid dienone is 1. The van der Waals surface area contributed by atoms with Crippen molar-refractivity contribution in [2.45, 2.75) is 19.9 Å². The van der Waals surface area contributed by atoms with E-state index in [1.165, 1.54) is 7.11 Å². The highest BCUT2D eigenvalue weighted by Gasteiger charge is 2.32. The van der Waals surface area contributed by atoms with E-state index < -0.39 is 18.0 Å². The van der Waals surface area contributed by atoms with Gasteiger partial charge in [0.25, 0.3) is 0 Å². The first-order valence-corrected chi connectivity index (χ1v) is 7.98. The lowest BCUT2D eigenvalue weighted by Gasteiger charge is -2.28. The molecule has 0 radical (unpaired) electrons. The molecule has 7 nitrogen and oxygen atoms in total. The zero-order chi connectivity index (χ0) is 17.1. The Morgan fingerprint density at radius 1 is 1.43 bits per heavy atom. The first-order valence-electron chi connectivity index (χ1n) is 6.90. The van der Waals surface area contributed by atoms with Crippen molar-refractivity contribution in [1.29, 1.82) is 0 Å². The number of esters is 1. The van der Waals surface area contributed by atoms with Crippen LogP contribution in [0.3, 0.4) is 0 Å². The lowest BCUT2D eigenvalue weighted by atomic mass is 9.95. The number of hydrogen-bond acceptors (Lipinski definition) is 5. The van der Waals surface area contributed by atoms with E-state index in [1.807, 2.05) is 22.6 Å². The van der Waals surface area contributed by atoms with Gasteiger partial charge in [0.2, 0.25) is 0 Å². The van der Waals surface area contributed by atoms with Gasteiger partial charge in [0, 0.05) is 5.70 Å². The molecule has 0 saturated carbocycles.